The molecule has 0 saturated carbocycles. The van der Waals surface area contributed by atoms with Crippen LogP contribution in [0.15, 0.2) is 65.6 Å². The Kier molecular flexibility index (Phi) is 8.15. The molecule has 8 heteroatoms. The van der Waals surface area contributed by atoms with Crippen LogP contribution in [-0.4, -0.2) is 60.1 Å². The summed E-state index contributed by atoms with van der Waals surface area (Å²) >= 11 is 14.1. The van der Waals surface area contributed by atoms with Gasteiger partial charge in [-0.15, -0.1) is 11.8 Å². The Hall–Kier alpha value is -2.25. The highest BCUT2D eigenvalue weighted by Gasteiger charge is 2.21. The van der Waals surface area contributed by atoms with Gasteiger partial charge in [-0.1, -0.05) is 59.6 Å². The number of carbonyl (C=O) groups is 2. The van der Waals surface area contributed by atoms with Crippen molar-refractivity contribution in [3.8, 4) is 0 Å². The predicted molar refractivity (Wildman–Crippen MR) is 137 cm³/mol. The standard InChI is InChI=1S/C25H25Cl2N3O2S/c26-19-8-1-2-10-21(19)28-23(31)16-29-12-5-13-30(15-14-29)24(32)17-33-22-11-4-7-18-6-3-9-20(27)25(18)22/h1-4,6-11H,5,12-17H2,(H,28,31). The molecule has 33 heavy (non-hydrogen) atoms. The minimum atomic E-state index is -0.105. The molecule has 0 bridgehead atoms. The molecule has 0 unspecified atom stereocenters. The summed E-state index contributed by atoms with van der Waals surface area (Å²) in [5.41, 5.74) is 0.612. The van der Waals surface area contributed by atoms with E-state index in [0.29, 0.717) is 41.1 Å². The second-order valence-corrected chi connectivity index (χ2v) is 9.75. The fraction of sp³-hybridized carbons (Fsp3) is 0.280. The van der Waals surface area contributed by atoms with Crippen molar-refractivity contribution in [2.24, 2.45) is 0 Å². The monoisotopic (exact) mass is 501 g/mol. The number of nitrogens with one attached hydrogen (secondary N) is 1. The molecular weight excluding hydrogens is 477 g/mol. The molecule has 172 valence electrons. The first-order valence-electron chi connectivity index (χ1n) is 10.9. The molecule has 0 spiro atoms. The molecule has 1 saturated heterocycles. The lowest BCUT2D eigenvalue weighted by atomic mass is 10.1. The molecule has 1 aliphatic heterocycles. The molecule has 4 rings (SSSR count). The van der Waals surface area contributed by atoms with Crippen LogP contribution in [0.2, 0.25) is 10.0 Å². The van der Waals surface area contributed by atoms with Gasteiger partial charge in [0.25, 0.3) is 0 Å². The average Bonchev–Trinajstić information content (AvgIpc) is 3.04. The topological polar surface area (TPSA) is 52.7 Å². The van der Waals surface area contributed by atoms with Gasteiger partial charge in [-0.05, 0) is 36.1 Å². The maximum absolute atomic E-state index is 12.9. The van der Waals surface area contributed by atoms with Crippen molar-refractivity contribution < 1.29 is 9.59 Å². The van der Waals surface area contributed by atoms with Gasteiger partial charge in [0.15, 0.2) is 0 Å². The van der Waals surface area contributed by atoms with E-state index < -0.39 is 0 Å². The van der Waals surface area contributed by atoms with E-state index in [4.69, 9.17) is 23.2 Å². The Morgan fingerprint density at radius 2 is 1.64 bits per heavy atom. The van der Waals surface area contributed by atoms with Crippen molar-refractivity contribution in [3.05, 3.63) is 70.7 Å². The van der Waals surface area contributed by atoms with Crippen LogP contribution in [-0.2, 0) is 9.59 Å². The van der Waals surface area contributed by atoms with Crippen LogP contribution < -0.4 is 5.32 Å². The quantitative estimate of drug-likeness (QED) is 0.458. The number of nitrogens with zero attached hydrogens (tertiary/aromatic N) is 2. The van der Waals surface area contributed by atoms with Crippen molar-refractivity contribution in [2.75, 3.05) is 43.8 Å². The van der Waals surface area contributed by atoms with Crippen molar-refractivity contribution in [3.63, 3.8) is 0 Å². The minimum absolute atomic E-state index is 0.103. The number of hydrogen-bond donors (Lipinski definition) is 1. The lowest BCUT2D eigenvalue weighted by Crippen LogP contribution is -2.38. The van der Waals surface area contributed by atoms with Crippen LogP contribution in [0.1, 0.15) is 6.42 Å². The van der Waals surface area contributed by atoms with Gasteiger partial charge in [-0.25, -0.2) is 0 Å². The molecule has 1 aliphatic rings. The van der Waals surface area contributed by atoms with Crippen molar-refractivity contribution in [2.45, 2.75) is 11.3 Å². The normalized spacial score (nSPS) is 14.8. The van der Waals surface area contributed by atoms with Gasteiger partial charge in [0, 0.05) is 41.5 Å². The van der Waals surface area contributed by atoms with Crippen LogP contribution in [0.25, 0.3) is 10.8 Å². The average molecular weight is 502 g/mol. The molecule has 0 aromatic heterocycles. The molecule has 0 radical (unpaired) electrons. The van der Waals surface area contributed by atoms with Crippen LogP contribution in [0, 0.1) is 0 Å². The molecule has 5 nitrogen and oxygen atoms in total. The molecule has 1 fully saturated rings. The Balaban J connectivity index is 1.29. The molecule has 3 aromatic carbocycles. The number of hydrogen-bond acceptors (Lipinski definition) is 4. The summed E-state index contributed by atoms with van der Waals surface area (Å²) < 4.78 is 0. The van der Waals surface area contributed by atoms with Crippen molar-refractivity contribution in [1.29, 1.82) is 0 Å². The van der Waals surface area contributed by atoms with E-state index in [0.717, 1.165) is 28.6 Å². The zero-order valence-corrected chi connectivity index (χ0v) is 20.4. The number of anilines is 1. The van der Waals surface area contributed by atoms with Gasteiger partial charge in [0.2, 0.25) is 11.8 Å². The fourth-order valence-electron chi connectivity index (χ4n) is 3.95. The zero-order chi connectivity index (χ0) is 23.2. The lowest BCUT2D eigenvalue weighted by Gasteiger charge is -2.22. The van der Waals surface area contributed by atoms with Crippen LogP contribution in [0.4, 0.5) is 5.69 Å². The Morgan fingerprint density at radius 3 is 2.45 bits per heavy atom. The minimum Gasteiger partial charge on any atom is -0.341 e. The smallest absolute Gasteiger partial charge is 0.238 e. The third-order valence-corrected chi connectivity index (χ3v) is 7.31. The van der Waals surface area contributed by atoms with E-state index >= 15 is 0 Å². The van der Waals surface area contributed by atoms with Crippen LogP contribution in [0.3, 0.4) is 0 Å². The number of thioether (sulfide) groups is 1. The summed E-state index contributed by atoms with van der Waals surface area (Å²) in [4.78, 5) is 30.3. The highest BCUT2D eigenvalue weighted by molar-refractivity contribution is 8.00. The van der Waals surface area contributed by atoms with Crippen LogP contribution in [0.5, 0.6) is 0 Å². The van der Waals surface area contributed by atoms with Gasteiger partial charge in [0.1, 0.15) is 0 Å². The van der Waals surface area contributed by atoms with Gasteiger partial charge < -0.3 is 10.2 Å². The number of rotatable bonds is 6. The zero-order valence-electron chi connectivity index (χ0n) is 18.1. The Labute approximate surface area is 208 Å². The van der Waals surface area contributed by atoms with Crippen molar-refractivity contribution in [1.82, 2.24) is 9.80 Å². The molecule has 0 aliphatic carbocycles. The third kappa shape index (κ3) is 6.21. The number of halogens is 2. The summed E-state index contributed by atoms with van der Waals surface area (Å²) in [5, 5.41) is 6.14. The number of fused-ring (bicyclic) bond motifs is 1. The molecule has 0 atom stereocenters. The maximum atomic E-state index is 12.9. The molecule has 2 amide bonds. The second kappa shape index (κ2) is 11.3. The Morgan fingerprint density at radius 1 is 0.879 bits per heavy atom. The van der Waals surface area contributed by atoms with Crippen LogP contribution >= 0.6 is 35.0 Å². The van der Waals surface area contributed by atoms with E-state index in [-0.39, 0.29) is 18.4 Å². The second-order valence-electron chi connectivity index (χ2n) is 7.92. The first kappa shape index (κ1) is 23.9. The van der Waals surface area contributed by atoms with E-state index in [1.807, 2.05) is 53.4 Å². The molecule has 1 N–H and O–H groups in total. The summed E-state index contributed by atoms with van der Waals surface area (Å²) in [6.45, 7) is 3.00. The van der Waals surface area contributed by atoms with E-state index in [1.54, 1.807) is 12.1 Å². The highest BCUT2D eigenvalue weighted by Crippen LogP contribution is 2.33. The summed E-state index contributed by atoms with van der Waals surface area (Å²) in [6, 6.07) is 19.0. The van der Waals surface area contributed by atoms with E-state index in [1.165, 1.54) is 11.8 Å². The first-order chi connectivity index (χ1) is 16.0. The highest BCUT2D eigenvalue weighted by atomic mass is 35.5. The van der Waals surface area contributed by atoms with Gasteiger partial charge in [0.05, 0.1) is 23.0 Å². The number of benzene rings is 3. The van der Waals surface area contributed by atoms with Gasteiger partial charge in [-0.2, -0.15) is 0 Å². The number of carbonyl (C=O) groups excluding carboxylic acids is 2. The summed E-state index contributed by atoms with van der Waals surface area (Å²) in [5.74, 6) is 0.356. The van der Waals surface area contributed by atoms with E-state index in [2.05, 4.69) is 10.2 Å². The number of para-hydroxylation sites is 1. The van der Waals surface area contributed by atoms with Gasteiger partial charge in [-0.3, -0.25) is 14.5 Å². The maximum Gasteiger partial charge on any atom is 0.238 e. The molecular formula is C25H25Cl2N3O2S. The Bertz CT molecular complexity index is 1150. The third-order valence-electron chi connectivity index (χ3n) is 5.62. The van der Waals surface area contributed by atoms with Crippen molar-refractivity contribution >= 4 is 63.2 Å². The van der Waals surface area contributed by atoms with Gasteiger partial charge >= 0.3 is 0 Å². The number of amides is 2. The lowest BCUT2D eigenvalue weighted by molar-refractivity contribution is -0.128. The summed E-state index contributed by atoms with van der Waals surface area (Å²) in [7, 11) is 0. The van der Waals surface area contributed by atoms with E-state index in [9.17, 15) is 9.59 Å². The first-order valence-corrected chi connectivity index (χ1v) is 12.6. The molecule has 1 heterocycles. The molecule has 3 aromatic rings. The summed E-state index contributed by atoms with van der Waals surface area (Å²) in [6.07, 6.45) is 0.829. The SMILES string of the molecule is O=C(CN1CCCN(C(=O)CSc2cccc3cccc(Cl)c23)CC1)Nc1ccccc1Cl. The largest absolute Gasteiger partial charge is 0.341 e. The fourth-order valence-corrected chi connectivity index (χ4v) is 5.48. The predicted octanol–water partition coefficient (Wildman–Crippen LogP) is 5.41.